The number of alkyl halides is 1. The lowest BCUT2D eigenvalue weighted by molar-refractivity contribution is 0.645. The van der Waals surface area contributed by atoms with Gasteiger partial charge in [-0.1, -0.05) is 34.8 Å². The number of halogens is 1. The van der Waals surface area contributed by atoms with Gasteiger partial charge in [0, 0.05) is 30.2 Å². The van der Waals surface area contributed by atoms with E-state index in [1.807, 2.05) is 12.3 Å². The van der Waals surface area contributed by atoms with Crippen molar-refractivity contribution in [2.45, 2.75) is 37.1 Å². The van der Waals surface area contributed by atoms with E-state index < -0.39 is 0 Å². The third-order valence-electron chi connectivity index (χ3n) is 3.22. The Kier molecular flexibility index (Phi) is 3.62. The zero-order valence-electron chi connectivity index (χ0n) is 9.12. The first-order valence-electron chi connectivity index (χ1n) is 5.55. The average Bonchev–Trinajstić information content (AvgIpc) is 2.81. The molecule has 2 nitrogen and oxygen atoms in total. The van der Waals surface area contributed by atoms with Crippen molar-refractivity contribution in [3.63, 3.8) is 0 Å². The molecular formula is C12H17BrN2. The van der Waals surface area contributed by atoms with Crippen molar-refractivity contribution in [3.05, 3.63) is 23.9 Å². The quantitative estimate of drug-likeness (QED) is 0.782. The highest BCUT2D eigenvalue weighted by atomic mass is 79.9. The molecule has 82 valence electrons. The van der Waals surface area contributed by atoms with Crippen LogP contribution in [0.25, 0.3) is 0 Å². The van der Waals surface area contributed by atoms with Crippen LogP contribution in [0.1, 0.15) is 31.2 Å². The van der Waals surface area contributed by atoms with Gasteiger partial charge in [-0.15, -0.1) is 0 Å². The van der Waals surface area contributed by atoms with Crippen LogP contribution >= 0.6 is 15.9 Å². The van der Waals surface area contributed by atoms with Crippen LogP contribution in [0.15, 0.2) is 18.3 Å². The Morgan fingerprint density at radius 2 is 2.20 bits per heavy atom. The van der Waals surface area contributed by atoms with Crippen molar-refractivity contribution < 1.29 is 0 Å². The van der Waals surface area contributed by atoms with Gasteiger partial charge >= 0.3 is 0 Å². The minimum Gasteiger partial charge on any atom is -0.356 e. The Hall–Kier alpha value is -0.570. The molecule has 0 unspecified atom stereocenters. The molecular weight excluding hydrogens is 252 g/mol. The maximum absolute atomic E-state index is 4.49. The molecule has 0 radical (unpaired) electrons. The molecule has 1 aromatic rings. The monoisotopic (exact) mass is 268 g/mol. The number of rotatable bonds is 3. The number of hydrogen-bond acceptors (Lipinski definition) is 2. The highest BCUT2D eigenvalue weighted by Crippen LogP contribution is 2.28. The molecule has 1 aliphatic rings. The predicted octanol–water partition coefficient (Wildman–Crippen LogP) is 3.36. The van der Waals surface area contributed by atoms with E-state index in [9.17, 15) is 0 Å². The lowest BCUT2D eigenvalue weighted by Gasteiger charge is -2.26. The first-order chi connectivity index (χ1) is 7.33. The Balaban J connectivity index is 2.19. The average molecular weight is 269 g/mol. The van der Waals surface area contributed by atoms with E-state index in [0.717, 1.165) is 11.1 Å². The molecule has 1 fully saturated rings. The second-order valence-electron chi connectivity index (χ2n) is 4.17. The van der Waals surface area contributed by atoms with Gasteiger partial charge in [-0.25, -0.2) is 4.98 Å². The van der Waals surface area contributed by atoms with Crippen molar-refractivity contribution >= 4 is 21.7 Å². The highest BCUT2D eigenvalue weighted by molar-refractivity contribution is 9.08. The molecule has 1 aromatic heterocycles. The van der Waals surface area contributed by atoms with Crippen LogP contribution in [0.3, 0.4) is 0 Å². The normalized spacial score (nSPS) is 16.9. The molecule has 0 aromatic carbocycles. The number of pyridine rings is 1. The molecule has 1 aliphatic carbocycles. The van der Waals surface area contributed by atoms with Crippen molar-refractivity contribution in [2.75, 3.05) is 11.9 Å². The molecule has 0 N–H and O–H groups in total. The summed E-state index contributed by atoms with van der Waals surface area (Å²) < 4.78 is 0. The van der Waals surface area contributed by atoms with Crippen molar-refractivity contribution in [1.82, 2.24) is 4.98 Å². The van der Waals surface area contributed by atoms with E-state index in [4.69, 9.17) is 0 Å². The van der Waals surface area contributed by atoms with Crippen LogP contribution in [0.5, 0.6) is 0 Å². The molecule has 3 heteroatoms. The van der Waals surface area contributed by atoms with Gasteiger partial charge in [0.1, 0.15) is 5.82 Å². The Morgan fingerprint density at radius 3 is 2.87 bits per heavy atom. The summed E-state index contributed by atoms with van der Waals surface area (Å²) >= 11 is 3.52. The van der Waals surface area contributed by atoms with Crippen LogP contribution in [0, 0.1) is 0 Å². The van der Waals surface area contributed by atoms with E-state index in [0.29, 0.717) is 6.04 Å². The van der Waals surface area contributed by atoms with Gasteiger partial charge in [0.2, 0.25) is 0 Å². The topological polar surface area (TPSA) is 16.1 Å². The van der Waals surface area contributed by atoms with E-state index >= 15 is 0 Å². The minimum absolute atomic E-state index is 0.692. The summed E-state index contributed by atoms with van der Waals surface area (Å²) in [6.45, 7) is 0. The first-order valence-corrected chi connectivity index (χ1v) is 6.67. The molecule has 1 heterocycles. The van der Waals surface area contributed by atoms with Crippen molar-refractivity contribution in [2.24, 2.45) is 0 Å². The van der Waals surface area contributed by atoms with E-state index in [1.165, 1.54) is 31.2 Å². The molecule has 15 heavy (non-hydrogen) atoms. The Morgan fingerprint density at radius 1 is 1.47 bits per heavy atom. The molecule has 2 rings (SSSR count). The third-order valence-corrected chi connectivity index (χ3v) is 3.82. The van der Waals surface area contributed by atoms with Crippen molar-refractivity contribution in [3.8, 4) is 0 Å². The zero-order chi connectivity index (χ0) is 10.7. The van der Waals surface area contributed by atoms with Gasteiger partial charge in [0.15, 0.2) is 0 Å². The smallest absolute Gasteiger partial charge is 0.132 e. The maximum Gasteiger partial charge on any atom is 0.132 e. The van der Waals surface area contributed by atoms with Crippen LogP contribution in [-0.2, 0) is 5.33 Å². The molecule has 0 aliphatic heterocycles. The van der Waals surface area contributed by atoms with Crippen LogP contribution in [0.4, 0.5) is 5.82 Å². The summed E-state index contributed by atoms with van der Waals surface area (Å²) in [6, 6.07) is 4.84. The van der Waals surface area contributed by atoms with Gasteiger partial charge in [0.05, 0.1) is 0 Å². The van der Waals surface area contributed by atoms with Crippen LogP contribution in [0.2, 0.25) is 0 Å². The number of hydrogen-bond donors (Lipinski definition) is 0. The summed E-state index contributed by atoms with van der Waals surface area (Å²) in [4.78, 5) is 6.84. The predicted molar refractivity (Wildman–Crippen MR) is 67.5 cm³/mol. The number of nitrogens with zero attached hydrogens (tertiary/aromatic N) is 2. The van der Waals surface area contributed by atoms with Gasteiger partial charge in [0.25, 0.3) is 0 Å². The van der Waals surface area contributed by atoms with Gasteiger partial charge in [-0.3, -0.25) is 0 Å². The minimum atomic E-state index is 0.692. The number of aromatic nitrogens is 1. The van der Waals surface area contributed by atoms with Crippen molar-refractivity contribution in [1.29, 1.82) is 0 Å². The summed E-state index contributed by atoms with van der Waals surface area (Å²) in [7, 11) is 2.17. The van der Waals surface area contributed by atoms with Gasteiger partial charge in [-0.05, 0) is 18.9 Å². The maximum atomic E-state index is 4.49. The van der Waals surface area contributed by atoms with Gasteiger partial charge in [-0.2, -0.15) is 0 Å². The lowest BCUT2D eigenvalue weighted by atomic mass is 10.2. The summed E-state index contributed by atoms with van der Waals surface area (Å²) in [6.07, 6.45) is 7.24. The van der Waals surface area contributed by atoms with Crippen LogP contribution < -0.4 is 4.90 Å². The summed E-state index contributed by atoms with van der Waals surface area (Å²) in [5, 5.41) is 0.882. The number of anilines is 1. The Bertz CT molecular complexity index is 321. The molecule has 0 saturated heterocycles. The first kappa shape index (κ1) is 10.9. The summed E-state index contributed by atoms with van der Waals surface area (Å²) in [5.74, 6) is 1.14. The SMILES string of the molecule is CN(c1ncccc1CBr)C1CCCC1. The molecule has 1 saturated carbocycles. The van der Waals surface area contributed by atoms with E-state index in [1.54, 1.807) is 0 Å². The largest absolute Gasteiger partial charge is 0.356 e. The van der Waals surface area contributed by atoms with Crippen LogP contribution in [-0.4, -0.2) is 18.1 Å². The molecule has 0 amide bonds. The highest BCUT2D eigenvalue weighted by Gasteiger charge is 2.21. The fourth-order valence-corrected chi connectivity index (χ4v) is 2.75. The van der Waals surface area contributed by atoms with E-state index in [2.05, 4.69) is 38.9 Å². The Labute approximate surface area is 99.8 Å². The van der Waals surface area contributed by atoms with E-state index in [-0.39, 0.29) is 0 Å². The fraction of sp³-hybridized carbons (Fsp3) is 0.583. The zero-order valence-corrected chi connectivity index (χ0v) is 10.7. The second kappa shape index (κ2) is 4.97. The fourth-order valence-electron chi connectivity index (χ4n) is 2.32. The molecule has 0 spiro atoms. The second-order valence-corrected chi connectivity index (χ2v) is 4.73. The summed E-state index contributed by atoms with van der Waals surface area (Å²) in [5.41, 5.74) is 1.28. The standard InChI is InChI=1S/C12H17BrN2/c1-15(11-6-2-3-7-11)12-10(9-13)5-4-8-14-12/h4-5,8,11H,2-3,6-7,9H2,1H3. The molecule has 0 atom stereocenters. The van der Waals surface area contributed by atoms with Gasteiger partial charge < -0.3 is 4.90 Å². The third kappa shape index (κ3) is 2.33. The lowest BCUT2D eigenvalue weighted by Crippen LogP contribution is -2.30. The molecule has 0 bridgehead atoms.